The largest absolute Gasteiger partial charge is 0.355 e. The minimum atomic E-state index is -0.539. The Morgan fingerprint density at radius 2 is 1.86 bits per heavy atom. The molecule has 2 aromatic rings. The van der Waals surface area contributed by atoms with Crippen LogP contribution < -0.4 is 5.32 Å². The van der Waals surface area contributed by atoms with Gasteiger partial charge in [0.2, 0.25) is 11.8 Å². The molecular formula is C22H27ClN2O2S. The maximum atomic E-state index is 12.9. The van der Waals surface area contributed by atoms with Crippen LogP contribution in [0.15, 0.2) is 48.5 Å². The third kappa shape index (κ3) is 6.88. The molecule has 150 valence electrons. The SMILES string of the molecule is CCNC(=O)C(C)N(Cc1ccc(Cl)cc1)C(=O)CSCc1cccc(C)c1. The van der Waals surface area contributed by atoms with Gasteiger partial charge in [-0.25, -0.2) is 0 Å². The Kier molecular flexibility index (Phi) is 8.87. The first-order chi connectivity index (χ1) is 13.4. The van der Waals surface area contributed by atoms with Crippen LogP contribution in [-0.4, -0.2) is 35.1 Å². The summed E-state index contributed by atoms with van der Waals surface area (Å²) in [6, 6.07) is 15.1. The summed E-state index contributed by atoms with van der Waals surface area (Å²) in [7, 11) is 0. The molecule has 4 nitrogen and oxygen atoms in total. The van der Waals surface area contributed by atoms with Crippen LogP contribution in [-0.2, 0) is 21.9 Å². The molecule has 0 aliphatic rings. The zero-order chi connectivity index (χ0) is 20.5. The number of hydrogen-bond acceptors (Lipinski definition) is 3. The maximum Gasteiger partial charge on any atom is 0.242 e. The van der Waals surface area contributed by atoms with E-state index in [2.05, 4.69) is 30.4 Å². The Labute approximate surface area is 176 Å². The van der Waals surface area contributed by atoms with E-state index in [0.717, 1.165) is 11.3 Å². The van der Waals surface area contributed by atoms with E-state index >= 15 is 0 Å². The average molecular weight is 419 g/mol. The highest BCUT2D eigenvalue weighted by Crippen LogP contribution is 2.17. The molecule has 2 amide bonds. The minimum Gasteiger partial charge on any atom is -0.355 e. The van der Waals surface area contributed by atoms with Gasteiger partial charge in [-0.1, -0.05) is 53.6 Å². The summed E-state index contributed by atoms with van der Waals surface area (Å²) < 4.78 is 0. The highest BCUT2D eigenvalue weighted by molar-refractivity contribution is 7.99. The molecule has 0 fully saturated rings. The summed E-state index contributed by atoms with van der Waals surface area (Å²) in [6.45, 7) is 6.60. The van der Waals surface area contributed by atoms with Crippen LogP contribution in [0.1, 0.15) is 30.5 Å². The van der Waals surface area contributed by atoms with Crippen molar-refractivity contribution in [3.05, 3.63) is 70.2 Å². The monoisotopic (exact) mass is 418 g/mol. The molecule has 1 unspecified atom stereocenters. The summed E-state index contributed by atoms with van der Waals surface area (Å²) in [5, 5.41) is 3.45. The van der Waals surface area contributed by atoms with E-state index < -0.39 is 6.04 Å². The summed E-state index contributed by atoms with van der Waals surface area (Å²) >= 11 is 7.52. The molecular weight excluding hydrogens is 392 g/mol. The molecule has 28 heavy (non-hydrogen) atoms. The fourth-order valence-electron chi connectivity index (χ4n) is 2.83. The molecule has 2 aromatic carbocycles. The lowest BCUT2D eigenvalue weighted by molar-refractivity contribution is -0.138. The second-order valence-electron chi connectivity index (χ2n) is 6.70. The van der Waals surface area contributed by atoms with Crippen LogP contribution in [0.5, 0.6) is 0 Å². The Balaban J connectivity index is 2.04. The number of thioether (sulfide) groups is 1. The Morgan fingerprint density at radius 1 is 1.14 bits per heavy atom. The second-order valence-corrected chi connectivity index (χ2v) is 8.12. The number of carbonyl (C=O) groups is 2. The molecule has 0 aliphatic heterocycles. The number of aryl methyl sites for hydroxylation is 1. The number of rotatable bonds is 9. The van der Waals surface area contributed by atoms with Crippen LogP contribution in [0.2, 0.25) is 5.02 Å². The highest BCUT2D eigenvalue weighted by atomic mass is 35.5. The quantitative estimate of drug-likeness (QED) is 0.655. The molecule has 0 bridgehead atoms. The van der Waals surface area contributed by atoms with Crippen LogP contribution in [0.4, 0.5) is 0 Å². The van der Waals surface area contributed by atoms with Gasteiger partial charge in [0.25, 0.3) is 0 Å². The van der Waals surface area contributed by atoms with Crippen molar-refractivity contribution in [3.8, 4) is 0 Å². The van der Waals surface area contributed by atoms with Gasteiger partial charge in [-0.15, -0.1) is 11.8 Å². The van der Waals surface area contributed by atoms with Crippen molar-refractivity contribution in [3.63, 3.8) is 0 Å². The summed E-state index contributed by atoms with van der Waals surface area (Å²) in [5.74, 6) is 0.892. The van der Waals surface area contributed by atoms with Crippen LogP contribution >= 0.6 is 23.4 Å². The summed E-state index contributed by atoms with van der Waals surface area (Å²) in [5.41, 5.74) is 3.34. The number of benzene rings is 2. The van der Waals surface area contributed by atoms with E-state index in [0.29, 0.717) is 23.9 Å². The van der Waals surface area contributed by atoms with Gasteiger partial charge in [-0.2, -0.15) is 0 Å². The standard InChI is InChI=1S/C22H27ClN2O2S/c1-4-24-22(27)17(3)25(13-18-8-10-20(23)11-9-18)21(26)15-28-14-19-7-5-6-16(2)12-19/h5-12,17H,4,13-15H2,1-3H3,(H,24,27). The third-order valence-corrected chi connectivity index (χ3v) is 5.60. The highest BCUT2D eigenvalue weighted by Gasteiger charge is 2.25. The molecule has 1 N–H and O–H groups in total. The van der Waals surface area contributed by atoms with E-state index in [1.165, 1.54) is 11.1 Å². The number of hydrogen-bond donors (Lipinski definition) is 1. The normalized spacial score (nSPS) is 11.7. The fraction of sp³-hybridized carbons (Fsp3) is 0.364. The van der Waals surface area contributed by atoms with Crippen LogP contribution in [0.3, 0.4) is 0 Å². The minimum absolute atomic E-state index is 0.0497. The van der Waals surface area contributed by atoms with Gasteiger partial charge in [0.15, 0.2) is 0 Å². The van der Waals surface area contributed by atoms with Gasteiger partial charge in [0, 0.05) is 23.9 Å². The predicted octanol–water partition coefficient (Wildman–Crippen LogP) is 4.44. The summed E-state index contributed by atoms with van der Waals surface area (Å²) in [4.78, 5) is 26.9. The number of amides is 2. The van der Waals surface area contributed by atoms with Crippen molar-refractivity contribution < 1.29 is 9.59 Å². The fourth-order valence-corrected chi connectivity index (χ4v) is 3.82. The van der Waals surface area contributed by atoms with Crippen LogP contribution in [0.25, 0.3) is 0 Å². The number of nitrogens with one attached hydrogen (secondary N) is 1. The van der Waals surface area contributed by atoms with Gasteiger partial charge in [-0.05, 0) is 44.0 Å². The van der Waals surface area contributed by atoms with Crippen molar-refractivity contribution in [2.75, 3.05) is 12.3 Å². The molecule has 1 atom stereocenters. The Hall–Kier alpha value is -1.98. The molecule has 0 saturated heterocycles. The molecule has 0 saturated carbocycles. The van der Waals surface area contributed by atoms with E-state index in [1.807, 2.05) is 25.1 Å². The molecule has 6 heteroatoms. The summed E-state index contributed by atoms with van der Waals surface area (Å²) in [6.07, 6.45) is 0. The molecule has 0 spiro atoms. The van der Waals surface area contributed by atoms with Crippen LogP contribution in [0, 0.1) is 6.92 Å². The van der Waals surface area contributed by atoms with Gasteiger partial charge in [0.1, 0.15) is 6.04 Å². The second kappa shape index (κ2) is 11.1. The van der Waals surface area contributed by atoms with Gasteiger partial charge < -0.3 is 10.2 Å². The van der Waals surface area contributed by atoms with Gasteiger partial charge in [0.05, 0.1) is 5.75 Å². The van der Waals surface area contributed by atoms with Gasteiger partial charge in [-0.3, -0.25) is 9.59 Å². The predicted molar refractivity (Wildman–Crippen MR) is 117 cm³/mol. The van der Waals surface area contributed by atoms with Crippen molar-refractivity contribution in [2.24, 2.45) is 0 Å². The first-order valence-corrected chi connectivity index (χ1v) is 10.9. The lowest BCUT2D eigenvalue weighted by Gasteiger charge is -2.28. The van der Waals surface area contributed by atoms with Crippen molar-refractivity contribution in [2.45, 2.75) is 39.1 Å². The first-order valence-electron chi connectivity index (χ1n) is 9.35. The molecule has 0 aliphatic carbocycles. The number of halogens is 1. The average Bonchev–Trinajstić information content (AvgIpc) is 2.67. The topological polar surface area (TPSA) is 49.4 Å². The zero-order valence-electron chi connectivity index (χ0n) is 16.6. The Bertz CT molecular complexity index is 795. The van der Waals surface area contributed by atoms with E-state index in [9.17, 15) is 9.59 Å². The number of carbonyl (C=O) groups excluding carboxylic acids is 2. The third-order valence-electron chi connectivity index (χ3n) is 4.36. The zero-order valence-corrected chi connectivity index (χ0v) is 18.1. The number of likely N-dealkylation sites (N-methyl/N-ethyl adjacent to an activating group) is 1. The molecule has 0 radical (unpaired) electrons. The van der Waals surface area contributed by atoms with Crippen molar-refractivity contribution in [1.29, 1.82) is 0 Å². The lowest BCUT2D eigenvalue weighted by Crippen LogP contribution is -2.48. The first kappa shape index (κ1) is 22.3. The van der Waals surface area contributed by atoms with E-state index in [1.54, 1.807) is 35.7 Å². The van der Waals surface area contributed by atoms with E-state index in [-0.39, 0.29) is 11.8 Å². The maximum absolute atomic E-state index is 12.9. The molecule has 0 heterocycles. The lowest BCUT2D eigenvalue weighted by atomic mass is 10.1. The smallest absolute Gasteiger partial charge is 0.242 e. The Morgan fingerprint density at radius 3 is 2.50 bits per heavy atom. The van der Waals surface area contributed by atoms with Crippen molar-refractivity contribution in [1.82, 2.24) is 10.2 Å². The van der Waals surface area contributed by atoms with Gasteiger partial charge >= 0.3 is 0 Å². The molecule has 2 rings (SSSR count). The van der Waals surface area contributed by atoms with E-state index in [4.69, 9.17) is 11.6 Å². The molecule has 0 aromatic heterocycles. The van der Waals surface area contributed by atoms with Crippen molar-refractivity contribution >= 4 is 35.2 Å². The number of nitrogens with zero attached hydrogens (tertiary/aromatic N) is 1.